The second kappa shape index (κ2) is 11.4. The van der Waals surface area contributed by atoms with E-state index in [1.165, 1.54) is 11.8 Å². The number of rotatable bonds is 8. The van der Waals surface area contributed by atoms with Gasteiger partial charge in [0.05, 0.1) is 4.91 Å². The van der Waals surface area contributed by atoms with Crippen molar-refractivity contribution in [3.63, 3.8) is 0 Å². The number of amides is 2. The number of hydrogen-bond donors (Lipinski definition) is 1. The SMILES string of the molecule is O=C1/C(=C/C=C/c2ccccc2)SC(=S)N1CCCC(=O)N1CCCC[C@H]1CCO. The molecule has 2 fully saturated rings. The molecule has 2 saturated heterocycles. The quantitative estimate of drug-likeness (QED) is 0.485. The maximum atomic E-state index is 12.7. The number of piperidine rings is 1. The van der Waals surface area contributed by atoms with E-state index in [-0.39, 0.29) is 24.5 Å². The highest BCUT2D eigenvalue weighted by Crippen LogP contribution is 2.31. The van der Waals surface area contributed by atoms with E-state index in [0.717, 1.165) is 31.4 Å². The molecular weight excluding hydrogens is 416 g/mol. The second-order valence-electron chi connectivity index (χ2n) is 7.48. The lowest BCUT2D eigenvalue weighted by Gasteiger charge is -2.35. The summed E-state index contributed by atoms with van der Waals surface area (Å²) in [6, 6.07) is 10.0. The molecular formula is C23H28N2O3S2. The van der Waals surface area contributed by atoms with Crippen LogP contribution >= 0.6 is 24.0 Å². The van der Waals surface area contributed by atoms with Gasteiger partial charge in [0.15, 0.2) is 0 Å². The number of thioether (sulfide) groups is 1. The average Bonchev–Trinajstić information content (AvgIpc) is 3.02. The summed E-state index contributed by atoms with van der Waals surface area (Å²) in [7, 11) is 0. The molecule has 2 aliphatic rings. The molecule has 0 aromatic heterocycles. The summed E-state index contributed by atoms with van der Waals surface area (Å²) in [6.07, 6.45) is 10.3. The Balaban J connectivity index is 1.50. The number of aliphatic hydroxyl groups is 1. The predicted molar refractivity (Wildman–Crippen MR) is 126 cm³/mol. The molecule has 1 aromatic carbocycles. The van der Waals surface area contributed by atoms with Crippen LogP contribution in [0.3, 0.4) is 0 Å². The van der Waals surface area contributed by atoms with E-state index in [1.54, 1.807) is 11.0 Å². The zero-order chi connectivity index (χ0) is 21.3. The first-order valence-electron chi connectivity index (χ1n) is 10.5. The molecule has 7 heteroatoms. The third-order valence-electron chi connectivity index (χ3n) is 5.39. The monoisotopic (exact) mass is 444 g/mol. The molecule has 0 aliphatic carbocycles. The van der Waals surface area contributed by atoms with Crippen LogP contribution in [-0.2, 0) is 9.59 Å². The fourth-order valence-corrected chi connectivity index (χ4v) is 5.09. The van der Waals surface area contributed by atoms with E-state index < -0.39 is 0 Å². The lowest BCUT2D eigenvalue weighted by Crippen LogP contribution is -2.44. The van der Waals surface area contributed by atoms with Gasteiger partial charge in [0.1, 0.15) is 4.32 Å². The number of likely N-dealkylation sites (tertiary alicyclic amines) is 1. The van der Waals surface area contributed by atoms with Crippen molar-refractivity contribution in [3.05, 3.63) is 53.0 Å². The molecule has 5 nitrogen and oxygen atoms in total. The van der Waals surface area contributed by atoms with Crippen molar-refractivity contribution >= 4 is 46.2 Å². The fraction of sp³-hybridized carbons (Fsp3) is 0.435. The van der Waals surface area contributed by atoms with Crippen LogP contribution in [0.25, 0.3) is 6.08 Å². The van der Waals surface area contributed by atoms with Crippen LogP contribution in [0.15, 0.2) is 47.4 Å². The molecule has 1 N–H and O–H groups in total. The standard InChI is InChI=1S/C23H28N2O3S2/c26-17-14-19-11-4-5-15-24(19)21(27)13-7-16-25-22(28)20(30-23(25)29)12-6-10-18-8-2-1-3-9-18/h1-3,6,8-10,12,19,26H,4-5,7,11,13-17H2/b10-6+,20-12-/t19-/m0/s1. The zero-order valence-electron chi connectivity index (χ0n) is 17.0. The van der Waals surface area contributed by atoms with E-state index >= 15 is 0 Å². The number of aliphatic hydroxyl groups excluding tert-OH is 1. The molecule has 30 heavy (non-hydrogen) atoms. The van der Waals surface area contributed by atoms with Crippen LogP contribution in [0.5, 0.6) is 0 Å². The lowest BCUT2D eigenvalue weighted by atomic mass is 9.99. The summed E-state index contributed by atoms with van der Waals surface area (Å²) >= 11 is 6.68. The van der Waals surface area contributed by atoms with Crippen molar-refractivity contribution in [2.75, 3.05) is 19.7 Å². The minimum absolute atomic E-state index is 0.0914. The highest BCUT2D eigenvalue weighted by Gasteiger charge is 2.32. The van der Waals surface area contributed by atoms with Crippen molar-refractivity contribution in [1.29, 1.82) is 0 Å². The summed E-state index contributed by atoms with van der Waals surface area (Å²) in [5.74, 6) is 0.0196. The van der Waals surface area contributed by atoms with E-state index in [2.05, 4.69) is 0 Å². The Labute approximate surface area is 187 Å². The molecule has 1 aromatic rings. The molecule has 2 amide bonds. The van der Waals surface area contributed by atoms with E-state index in [0.29, 0.717) is 35.0 Å². The molecule has 0 unspecified atom stereocenters. The maximum absolute atomic E-state index is 12.7. The Bertz CT molecular complexity index is 821. The second-order valence-corrected chi connectivity index (χ2v) is 9.15. The first-order chi connectivity index (χ1) is 14.6. The Morgan fingerprint density at radius 3 is 2.83 bits per heavy atom. The van der Waals surface area contributed by atoms with Crippen LogP contribution in [0, 0.1) is 0 Å². The Morgan fingerprint density at radius 2 is 2.07 bits per heavy atom. The van der Waals surface area contributed by atoms with Gasteiger partial charge in [0.25, 0.3) is 5.91 Å². The average molecular weight is 445 g/mol. The van der Waals surface area contributed by atoms with Gasteiger partial charge in [-0.25, -0.2) is 0 Å². The van der Waals surface area contributed by atoms with Crippen LogP contribution in [-0.4, -0.2) is 56.8 Å². The van der Waals surface area contributed by atoms with Gasteiger partial charge in [-0.15, -0.1) is 0 Å². The Kier molecular flexibility index (Phi) is 8.66. The van der Waals surface area contributed by atoms with Gasteiger partial charge in [-0.3, -0.25) is 14.5 Å². The van der Waals surface area contributed by atoms with Gasteiger partial charge in [-0.1, -0.05) is 66.5 Å². The van der Waals surface area contributed by atoms with Gasteiger partial charge in [-0.2, -0.15) is 0 Å². The number of benzene rings is 1. The zero-order valence-corrected chi connectivity index (χ0v) is 18.7. The van der Waals surface area contributed by atoms with Gasteiger partial charge < -0.3 is 10.0 Å². The van der Waals surface area contributed by atoms with E-state index in [9.17, 15) is 14.7 Å². The number of nitrogens with zero attached hydrogens (tertiary/aromatic N) is 2. The van der Waals surface area contributed by atoms with Crippen LogP contribution in [0.4, 0.5) is 0 Å². The smallest absolute Gasteiger partial charge is 0.266 e. The topological polar surface area (TPSA) is 60.9 Å². The summed E-state index contributed by atoms with van der Waals surface area (Å²) < 4.78 is 0.544. The van der Waals surface area contributed by atoms with Crippen molar-refractivity contribution in [1.82, 2.24) is 9.80 Å². The fourth-order valence-electron chi connectivity index (χ4n) is 3.83. The molecule has 0 bridgehead atoms. The summed E-state index contributed by atoms with van der Waals surface area (Å²) in [4.78, 5) is 29.4. The number of thiocarbonyl (C=S) groups is 1. The lowest BCUT2D eigenvalue weighted by molar-refractivity contribution is -0.135. The minimum atomic E-state index is -0.0914. The highest BCUT2D eigenvalue weighted by molar-refractivity contribution is 8.26. The number of carbonyl (C=O) groups excluding carboxylic acids is 2. The van der Waals surface area contributed by atoms with Crippen molar-refractivity contribution < 1.29 is 14.7 Å². The van der Waals surface area contributed by atoms with Gasteiger partial charge in [0, 0.05) is 32.2 Å². The molecule has 0 saturated carbocycles. The van der Waals surface area contributed by atoms with Gasteiger partial charge in [-0.05, 0) is 43.7 Å². The molecule has 2 heterocycles. The summed E-state index contributed by atoms with van der Waals surface area (Å²) in [5, 5.41) is 9.24. The summed E-state index contributed by atoms with van der Waals surface area (Å²) in [6.45, 7) is 1.33. The minimum Gasteiger partial charge on any atom is -0.396 e. The van der Waals surface area contributed by atoms with E-state index in [4.69, 9.17) is 12.2 Å². The van der Waals surface area contributed by atoms with Crippen molar-refractivity contribution in [2.45, 2.75) is 44.6 Å². The number of hydrogen-bond acceptors (Lipinski definition) is 5. The molecule has 0 spiro atoms. The normalized spacial score (nSPS) is 21.2. The van der Waals surface area contributed by atoms with Crippen molar-refractivity contribution in [3.8, 4) is 0 Å². The van der Waals surface area contributed by atoms with Gasteiger partial charge in [0.2, 0.25) is 5.91 Å². The van der Waals surface area contributed by atoms with Crippen LogP contribution in [0.1, 0.15) is 44.1 Å². The first kappa shape index (κ1) is 22.7. The third-order valence-corrected chi connectivity index (χ3v) is 6.79. The molecule has 3 rings (SSSR count). The van der Waals surface area contributed by atoms with Crippen LogP contribution < -0.4 is 0 Å². The molecule has 0 radical (unpaired) electrons. The maximum Gasteiger partial charge on any atom is 0.266 e. The first-order valence-corrected chi connectivity index (χ1v) is 11.7. The number of allylic oxidation sites excluding steroid dienone is 2. The molecule has 160 valence electrons. The Hall–Kier alpha value is -1.96. The molecule has 2 aliphatic heterocycles. The molecule has 1 atom stereocenters. The highest BCUT2D eigenvalue weighted by atomic mass is 32.2. The van der Waals surface area contributed by atoms with Gasteiger partial charge >= 0.3 is 0 Å². The largest absolute Gasteiger partial charge is 0.396 e. The Morgan fingerprint density at radius 1 is 1.27 bits per heavy atom. The van der Waals surface area contributed by atoms with E-state index in [1.807, 2.05) is 47.4 Å². The predicted octanol–water partition coefficient (Wildman–Crippen LogP) is 3.99. The summed E-state index contributed by atoms with van der Waals surface area (Å²) in [5.41, 5.74) is 1.07. The number of carbonyl (C=O) groups is 2. The third kappa shape index (κ3) is 6.03. The van der Waals surface area contributed by atoms with Crippen molar-refractivity contribution in [2.24, 2.45) is 0 Å². The van der Waals surface area contributed by atoms with Crippen LogP contribution in [0.2, 0.25) is 0 Å².